The Kier molecular flexibility index (Phi) is 5.78. The molecule has 9 nitrogen and oxygen atoms in total. The monoisotopic (exact) mass is 448 g/mol. The van der Waals surface area contributed by atoms with Crippen LogP contribution in [0.5, 0.6) is 5.75 Å². The molecule has 1 aliphatic rings. The molecule has 3 heterocycles. The molecule has 1 atom stereocenters. The number of rotatable bonds is 7. The van der Waals surface area contributed by atoms with Gasteiger partial charge in [0.25, 0.3) is 5.56 Å². The van der Waals surface area contributed by atoms with Gasteiger partial charge in [0.15, 0.2) is 0 Å². The highest BCUT2D eigenvalue weighted by Crippen LogP contribution is 2.27. The van der Waals surface area contributed by atoms with Crippen molar-refractivity contribution in [3.05, 3.63) is 75.3 Å². The van der Waals surface area contributed by atoms with Gasteiger partial charge in [-0.2, -0.15) is 4.98 Å². The first-order valence-corrected chi connectivity index (χ1v) is 11.0. The minimum Gasteiger partial charge on any atom is -0.493 e. The van der Waals surface area contributed by atoms with Gasteiger partial charge in [0, 0.05) is 6.61 Å². The average Bonchev–Trinajstić information content (AvgIpc) is 3.52. The minimum absolute atomic E-state index is 0.0367. The highest BCUT2D eigenvalue weighted by Gasteiger charge is 2.22. The number of hydrogen-bond donors (Lipinski definition) is 0. The topological polar surface area (TPSA) is 101 Å². The molecule has 0 aliphatic carbocycles. The summed E-state index contributed by atoms with van der Waals surface area (Å²) in [7, 11) is 0. The smallest absolute Gasteiger partial charge is 0.332 e. The third-order valence-corrected chi connectivity index (χ3v) is 5.73. The molecule has 0 radical (unpaired) electrons. The summed E-state index contributed by atoms with van der Waals surface area (Å²) < 4.78 is 19.5. The van der Waals surface area contributed by atoms with Crippen LogP contribution in [0, 0.1) is 0 Å². The molecule has 0 saturated carbocycles. The fraction of sp³-hybridized carbons (Fsp3) is 0.333. The van der Waals surface area contributed by atoms with Gasteiger partial charge in [-0.15, -0.1) is 0 Å². The van der Waals surface area contributed by atoms with E-state index in [2.05, 4.69) is 10.1 Å². The van der Waals surface area contributed by atoms with Gasteiger partial charge in [-0.05, 0) is 44.0 Å². The van der Waals surface area contributed by atoms with Gasteiger partial charge in [0.2, 0.25) is 11.7 Å². The molecule has 0 N–H and O–H groups in total. The van der Waals surface area contributed by atoms with Crippen molar-refractivity contribution in [2.45, 2.75) is 39.0 Å². The largest absolute Gasteiger partial charge is 0.493 e. The second-order valence-corrected chi connectivity index (χ2v) is 7.88. The lowest BCUT2D eigenvalue weighted by Crippen LogP contribution is -2.42. The maximum Gasteiger partial charge on any atom is 0.332 e. The molecule has 1 fully saturated rings. The van der Waals surface area contributed by atoms with Gasteiger partial charge in [-0.25, -0.2) is 4.79 Å². The van der Waals surface area contributed by atoms with Crippen molar-refractivity contribution in [1.82, 2.24) is 19.3 Å². The van der Waals surface area contributed by atoms with Crippen molar-refractivity contribution < 1.29 is 14.0 Å². The summed E-state index contributed by atoms with van der Waals surface area (Å²) in [6.45, 7) is 3.32. The van der Waals surface area contributed by atoms with Crippen LogP contribution in [0.4, 0.5) is 0 Å². The summed E-state index contributed by atoms with van der Waals surface area (Å²) in [5, 5.41) is 4.54. The van der Waals surface area contributed by atoms with Gasteiger partial charge >= 0.3 is 5.69 Å². The zero-order valence-corrected chi connectivity index (χ0v) is 18.3. The summed E-state index contributed by atoms with van der Waals surface area (Å²) in [6.07, 6.45) is 1.61. The Morgan fingerprint density at radius 3 is 2.73 bits per heavy atom. The number of para-hydroxylation sites is 2. The van der Waals surface area contributed by atoms with E-state index in [0.717, 1.165) is 12.8 Å². The molecular weight excluding hydrogens is 424 g/mol. The van der Waals surface area contributed by atoms with Crippen LogP contribution < -0.4 is 16.0 Å². The van der Waals surface area contributed by atoms with Crippen LogP contribution in [0.1, 0.15) is 25.7 Å². The second kappa shape index (κ2) is 9.03. The highest BCUT2D eigenvalue weighted by atomic mass is 16.5. The van der Waals surface area contributed by atoms with Crippen molar-refractivity contribution in [3.8, 4) is 17.1 Å². The third kappa shape index (κ3) is 4.07. The maximum absolute atomic E-state index is 13.4. The molecule has 1 aliphatic heterocycles. The first-order valence-electron chi connectivity index (χ1n) is 11.0. The molecule has 33 heavy (non-hydrogen) atoms. The molecule has 2 aromatic carbocycles. The summed E-state index contributed by atoms with van der Waals surface area (Å²) in [6, 6.07) is 14.5. The van der Waals surface area contributed by atoms with Crippen LogP contribution >= 0.6 is 0 Å². The Hall–Kier alpha value is -3.72. The van der Waals surface area contributed by atoms with Crippen LogP contribution in [0.3, 0.4) is 0 Å². The number of nitrogens with zero attached hydrogens (tertiary/aromatic N) is 4. The van der Waals surface area contributed by atoms with Gasteiger partial charge in [0.05, 0.1) is 35.7 Å². The molecule has 0 bridgehead atoms. The van der Waals surface area contributed by atoms with E-state index in [0.29, 0.717) is 41.3 Å². The van der Waals surface area contributed by atoms with E-state index < -0.39 is 5.69 Å². The fourth-order valence-corrected chi connectivity index (χ4v) is 4.17. The summed E-state index contributed by atoms with van der Waals surface area (Å²) >= 11 is 0. The number of aromatic nitrogens is 4. The fourth-order valence-electron chi connectivity index (χ4n) is 4.17. The van der Waals surface area contributed by atoms with E-state index in [9.17, 15) is 9.59 Å². The summed E-state index contributed by atoms with van der Waals surface area (Å²) in [5.74, 6) is 1.28. The zero-order chi connectivity index (χ0) is 22.8. The minimum atomic E-state index is -0.427. The maximum atomic E-state index is 13.4. The first-order chi connectivity index (χ1) is 16.2. The SMILES string of the molecule is CCOc1ccccc1-c1noc(Cn2c(=O)n(C[C@@H]3CCCO3)c(=O)c3ccccc32)n1. The number of fused-ring (bicyclic) bond motifs is 1. The molecule has 5 rings (SSSR count). The van der Waals surface area contributed by atoms with E-state index in [-0.39, 0.29) is 30.6 Å². The lowest BCUT2D eigenvalue weighted by molar-refractivity contribution is 0.0948. The molecule has 2 aromatic heterocycles. The van der Waals surface area contributed by atoms with Crippen molar-refractivity contribution in [2.24, 2.45) is 0 Å². The summed E-state index contributed by atoms with van der Waals surface area (Å²) in [5.41, 5.74) is 0.475. The Morgan fingerprint density at radius 2 is 1.91 bits per heavy atom. The van der Waals surface area contributed by atoms with E-state index in [1.807, 2.05) is 31.2 Å². The van der Waals surface area contributed by atoms with Gasteiger partial charge < -0.3 is 14.0 Å². The lowest BCUT2D eigenvalue weighted by Gasteiger charge is -2.15. The predicted molar refractivity (Wildman–Crippen MR) is 121 cm³/mol. The molecule has 0 spiro atoms. The van der Waals surface area contributed by atoms with E-state index in [1.165, 1.54) is 9.13 Å². The zero-order valence-electron chi connectivity index (χ0n) is 18.3. The van der Waals surface area contributed by atoms with Gasteiger partial charge in [-0.1, -0.05) is 29.4 Å². The Balaban J connectivity index is 1.55. The molecule has 0 unspecified atom stereocenters. The Bertz CT molecular complexity index is 1400. The molecule has 4 aromatic rings. The van der Waals surface area contributed by atoms with Crippen LogP contribution in [0.2, 0.25) is 0 Å². The van der Waals surface area contributed by atoms with E-state index in [1.54, 1.807) is 24.3 Å². The van der Waals surface area contributed by atoms with Crippen LogP contribution in [-0.4, -0.2) is 38.6 Å². The van der Waals surface area contributed by atoms with Crippen LogP contribution in [0.25, 0.3) is 22.3 Å². The Labute approximate surface area is 189 Å². The normalized spacial score (nSPS) is 15.8. The van der Waals surface area contributed by atoms with Gasteiger partial charge in [-0.3, -0.25) is 13.9 Å². The standard InChI is InChI=1S/C24H24N4O5/c1-2-31-20-12-6-4-10-18(20)22-25-21(33-26-22)15-27-19-11-5-3-9-17(19)23(29)28(24(27)30)14-16-8-7-13-32-16/h3-6,9-12,16H,2,7-8,13-15H2,1H3/t16-/m0/s1. The molecular formula is C24H24N4O5. The van der Waals surface area contributed by atoms with Crippen LogP contribution in [-0.2, 0) is 17.8 Å². The van der Waals surface area contributed by atoms with Crippen molar-refractivity contribution >= 4 is 10.9 Å². The molecule has 1 saturated heterocycles. The number of hydrogen-bond acceptors (Lipinski definition) is 7. The average molecular weight is 448 g/mol. The van der Waals surface area contributed by atoms with Crippen molar-refractivity contribution in [3.63, 3.8) is 0 Å². The predicted octanol–water partition coefficient (Wildman–Crippen LogP) is 2.84. The number of benzene rings is 2. The molecule has 170 valence electrons. The summed E-state index contributed by atoms with van der Waals surface area (Å²) in [4.78, 5) is 30.9. The van der Waals surface area contributed by atoms with E-state index in [4.69, 9.17) is 14.0 Å². The Morgan fingerprint density at radius 1 is 1.09 bits per heavy atom. The highest BCUT2D eigenvalue weighted by molar-refractivity contribution is 5.77. The number of ether oxygens (including phenoxy) is 2. The lowest BCUT2D eigenvalue weighted by atomic mass is 10.2. The quantitative estimate of drug-likeness (QED) is 0.428. The molecule has 0 amide bonds. The first kappa shape index (κ1) is 21.1. The van der Waals surface area contributed by atoms with Crippen LogP contribution in [0.15, 0.2) is 62.6 Å². The van der Waals surface area contributed by atoms with Gasteiger partial charge in [0.1, 0.15) is 12.3 Å². The third-order valence-electron chi connectivity index (χ3n) is 5.73. The van der Waals surface area contributed by atoms with Crippen molar-refractivity contribution in [2.75, 3.05) is 13.2 Å². The second-order valence-electron chi connectivity index (χ2n) is 7.88. The van der Waals surface area contributed by atoms with Crippen molar-refractivity contribution in [1.29, 1.82) is 0 Å². The molecule has 9 heteroatoms. The van der Waals surface area contributed by atoms with E-state index >= 15 is 0 Å².